The second kappa shape index (κ2) is 7.35. The molecule has 0 spiro atoms. The minimum absolute atomic E-state index is 0.0330. The summed E-state index contributed by atoms with van der Waals surface area (Å²) in [6.07, 6.45) is 2.47. The van der Waals surface area contributed by atoms with E-state index in [1.807, 2.05) is 0 Å². The van der Waals surface area contributed by atoms with Gasteiger partial charge in [0, 0.05) is 22.9 Å². The summed E-state index contributed by atoms with van der Waals surface area (Å²) in [5, 5.41) is 11.4. The van der Waals surface area contributed by atoms with Crippen LogP contribution < -0.4 is 10.1 Å². The van der Waals surface area contributed by atoms with Gasteiger partial charge >= 0.3 is 5.97 Å². The van der Waals surface area contributed by atoms with Gasteiger partial charge in [0.05, 0.1) is 11.2 Å². The van der Waals surface area contributed by atoms with E-state index in [4.69, 9.17) is 14.0 Å². The number of carbonyl (C=O) groups is 2. The van der Waals surface area contributed by atoms with Gasteiger partial charge in [-0.3, -0.25) is 4.79 Å². The van der Waals surface area contributed by atoms with Gasteiger partial charge in [0.2, 0.25) is 0 Å². The molecule has 1 heterocycles. The monoisotopic (exact) mass is 359 g/mol. The van der Waals surface area contributed by atoms with Crippen LogP contribution >= 0.6 is 0 Å². The molecule has 0 atom stereocenters. The van der Waals surface area contributed by atoms with Crippen molar-refractivity contribution in [1.29, 1.82) is 0 Å². The van der Waals surface area contributed by atoms with Gasteiger partial charge in [0.1, 0.15) is 5.75 Å². The van der Waals surface area contributed by atoms with Gasteiger partial charge in [0.15, 0.2) is 11.6 Å². The number of nitrogens with one attached hydrogen (secondary N) is 1. The molecule has 1 aliphatic carbocycles. The number of carboxylic acid groups (broad SMARTS) is 1. The second-order valence-corrected chi connectivity index (χ2v) is 5.75. The van der Waals surface area contributed by atoms with Gasteiger partial charge in [-0.15, -0.1) is 0 Å². The number of halogens is 1. The minimum Gasteiger partial charge on any atom is -0.497 e. The summed E-state index contributed by atoms with van der Waals surface area (Å²) in [4.78, 5) is 27.4. The summed E-state index contributed by atoms with van der Waals surface area (Å²) in [6, 6.07) is 7.22. The van der Waals surface area contributed by atoms with Crippen molar-refractivity contribution in [2.24, 2.45) is 0 Å². The Labute approximate surface area is 153 Å². The average Bonchev–Trinajstić information content (AvgIpc) is 3.12. The molecule has 134 valence electrons. The number of anilines is 1. The van der Waals surface area contributed by atoms with Crippen molar-refractivity contribution >= 4 is 17.7 Å². The first kappa shape index (κ1) is 14.0. The highest BCUT2D eigenvalue weighted by atomic mass is 19.1. The van der Waals surface area contributed by atoms with Crippen LogP contribution in [0, 0.1) is 5.82 Å². The van der Waals surface area contributed by atoms with Crippen LogP contribution in [0.3, 0.4) is 0 Å². The topological polar surface area (TPSA) is 88.5 Å². The van der Waals surface area contributed by atoms with E-state index in [0.29, 0.717) is 30.4 Å². The van der Waals surface area contributed by atoms with Gasteiger partial charge in [-0.1, -0.05) is 12.1 Å². The average molecular weight is 359 g/mol. The van der Waals surface area contributed by atoms with Gasteiger partial charge in [-0.2, -0.15) is 0 Å². The normalized spacial score (nSPS) is 15.8. The first-order valence-corrected chi connectivity index (χ1v) is 7.86. The van der Waals surface area contributed by atoms with E-state index < -0.39 is 24.7 Å². The summed E-state index contributed by atoms with van der Waals surface area (Å²) in [5.74, 6) is -2.89. The number of amides is 1. The quantitative estimate of drug-likeness (QED) is 0.854. The van der Waals surface area contributed by atoms with Crippen LogP contribution in [-0.4, -0.2) is 29.0 Å². The Morgan fingerprint density at radius 2 is 2.08 bits per heavy atom. The van der Waals surface area contributed by atoms with Crippen LogP contribution in [0.25, 0.3) is 11.1 Å². The molecule has 1 aliphatic rings. The Kier molecular flexibility index (Phi) is 3.96. The zero-order valence-corrected chi connectivity index (χ0v) is 13.6. The lowest BCUT2D eigenvalue weighted by atomic mass is 10.1. The lowest BCUT2D eigenvalue weighted by Gasteiger charge is -2.09. The Balaban J connectivity index is 1.81. The maximum absolute atomic E-state index is 14.5. The van der Waals surface area contributed by atoms with E-state index in [1.165, 1.54) is 18.3 Å². The van der Waals surface area contributed by atoms with E-state index in [0.717, 1.165) is 6.07 Å². The fraction of sp³-hybridized carbons (Fsp3) is 0.211. The van der Waals surface area contributed by atoms with Crippen LogP contribution in [0.4, 0.5) is 10.2 Å². The van der Waals surface area contributed by atoms with Crippen LogP contribution in [0.2, 0.25) is 0 Å². The number of benzene rings is 1. The Morgan fingerprint density at radius 3 is 2.81 bits per heavy atom. The van der Waals surface area contributed by atoms with Crippen LogP contribution in [0.1, 0.15) is 23.4 Å². The predicted octanol–water partition coefficient (Wildman–Crippen LogP) is 3.40. The number of carboxylic acids is 1. The molecule has 6 nitrogen and oxygen atoms in total. The highest BCUT2D eigenvalue weighted by molar-refractivity contribution is 6.09. The number of pyridine rings is 1. The predicted molar refractivity (Wildman–Crippen MR) is 93.3 cm³/mol. The second-order valence-electron chi connectivity index (χ2n) is 5.75. The Hall–Kier alpha value is -3.22. The number of aromatic nitrogens is 1. The van der Waals surface area contributed by atoms with Crippen molar-refractivity contribution in [3.8, 4) is 16.9 Å². The van der Waals surface area contributed by atoms with Gasteiger partial charge in [0.25, 0.3) is 5.91 Å². The molecule has 2 aromatic rings. The van der Waals surface area contributed by atoms with Crippen molar-refractivity contribution in [3.05, 3.63) is 53.5 Å². The minimum atomic E-state index is -2.61. The van der Waals surface area contributed by atoms with Crippen LogP contribution in [0.15, 0.2) is 47.7 Å². The Morgan fingerprint density at radius 1 is 1.27 bits per heavy atom. The number of nitrogens with zero attached hydrogens (tertiary/aromatic N) is 1. The Bertz CT molecular complexity index is 1010. The summed E-state index contributed by atoms with van der Waals surface area (Å²) < 4.78 is 40.7. The third-order valence-corrected chi connectivity index (χ3v) is 4.11. The number of rotatable bonds is 5. The summed E-state index contributed by atoms with van der Waals surface area (Å²) in [6.45, 7) is 0. The molecule has 0 saturated carbocycles. The number of methoxy groups -OCH3 is 1. The summed E-state index contributed by atoms with van der Waals surface area (Å²) >= 11 is 0. The summed E-state index contributed by atoms with van der Waals surface area (Å²) in [5.41, 5.74) is 0.980. The maximum atomic E-state index is 14.5. The van der Waals surface area contributed by atoms with Crippen molar-refractivity contribution in [2.75, 3.05) is 12.4 Å². The molecule has 3 rings (SSSR count). The standard InChI is InChI=1S/C19H17FN2O4/c1-26-13-5-2-4-11(8-13)12-9-16(20)17(21-10-12)22-18(23)14-6-3-7-15(14)19(24)25/h2,4-5,8-10H,3,6-7H2,1H3,(H,24,25)(H,21,22,23)/i1D3. The number of hydrogen-bond donors (Lipinski definition) is 2. The molecule has 0 bridgehead atoms. The molecule has 1 aromatic heterocycles. The first-order chi connectivity index (χ1) is 13.6. The van der Waals surface area contributed by atoms with Crippen LogP contribution in [0.5, 0.6) is 5.75 Å². The molecule has 0 fully saturated rings. The number of aliphatic carboxylic acids is 1. The molecule has 2 N–H and O–H groups in total. The largest absolute Gasteiger partial charge is 0.497 e. The molecule has 0 aliphatic heterocycles. The zero-order valence-electron chi connectivity index (χ0n) is 16.6. The van der Waals surface area contributed by atoms with E-state index >= 15 is 0 Å². The molecule has 1 amide bonds. The molecule has 26 heavy (non-hydrogen) atoms. The highest BCUT2D eigenvalue weighted by Crippen LogP contribution is 2.29. The number of carbonyl (C=O) groups excluding carboxylic acids is 1. The maximum Gasteiger partial charge on any atom is 0.332 e. The summed E-state index contributed by atoms with van der Waals surface area (Å²) in [7, 11) is -2.61. The fourth-order valence-corrected chi connectivity index (χ4v) is 2.84. The fourth-order valence-electron chi connectivity index (χ4n) is 2.84. The van der Waals surface area contributed by atoms with Crippen molar-refractivity contribution in [2.45, 2.75) is 19.3 Å². The first-order valence-electron chi connectivity index (χ1n) is 9.36. The third-order valence-electron chi connectivity index (χ3n) is 4.11. The molecule has 7 heteroatoms. The molecule has 1 aromatic carbocycles. The molecule has 0 saturated heterocycles. The zero-order chi connectivity index (χ0) is 21.2. The molecule has 0 unspecified atom stereocenters. The van der Waals surface area contributed by atoms with Crippen LogP contribution in [-0.2, 0) is 9.59 Å². The van der Waals surface area contributed by atoms with E-state index in [9.17, 15) is 14.0 Å². The van der Waals surface area contributed by atoms with E-state index in [2.05, 4.69) is 10.3 Å². The van der Waals surface area contributed by atoms with E-state index in [1.54, 1.807) is 12.1 Å². The molecular formula is C19H17FN2O4. The van der Waals surface area contributed by atoms with Crippen molar-refractivity contribution < 1.29 is 27.9 Å². The highest BCUT2D eigenvalue weighted by Gasteiger charge is 2.26. The molecule has 0 radical (unpaired) electrons. The number of ether oxygens (including phenoxy) is 1. The SMILES string of the molecule is [2H]C([2H])([2H])Oc1cccc(-c2cnc(NC(=O)C3=C(C(=O)O)CCC3)c(F)c2)c1. The van der Waals surface area contributed by atoms with Gasteiger partial charge in [-0.05, 0) is 43.0 Å². The van der Waals surface area contributed by atoms with Crippen molar-refractivity contribution in [3.63, 3.8) is 0 Å². The van der Waals surface area contributed by atoms with Gasteiger partial charge < -0.3 is 15.2 Å². The van der Waals surface area contributed by atoms with Crippen molar-refractivity contribution in [1.82, 2.24) is 4.98 Å². The smallest absolute Gasteiger partial charge is 0.332 e. The lowest BCUT2D eigenvalue weighted by molar-refractivity contribution is -0.133. The van der Waals surface area contributed by atoms with Gasteiger partial charge in [-0.25, -0.2) is 14.2 Å². The molecular weight excluding hydrogens is 339 g/mol. The lowest BCUT2D eigenvalue weighted by Crippen LogP contribution is -2.18. The third kappa shape index (κ3) is 3.56. The number of hydrogen-bond acceptors (Lipinski definition) is 4. The van der Waals surface area contributed by atoms with E-state index in [-0.39, 0.29) is 22.7 Å².